The quantitative estimate of drug-likeness (QED) is 0.908. The molecule has 1 aliphatic rings. The predicted molar refractivity (Wildman–Crippen MR) is 76.4 cm³/mol. The maximum atomic E-state index is 11.6. The van der Waals surface area contributed by atoms with Crippen molar-refractivity contribution in [3.05, 3.63) is 34.4 Å². The molecule has 0 bridgehead atoms. The van der Waals surface area contributed by atoms with Crippen LogP contribution in [0, 0.1) is 20.8 Å². The van der Waals surface area contributed by atoms with Crippen LogP contribution in [0.4, 0.5) is 0 Å². The van der Waals surface area contributed by atoms with Crippen LogP contribution in [0.3, 0.4) is 0 Å². The van der Waals surface area contributed by atoms with E-state index in [1.165, 1.54) is 22.3 Å². The van der Waals surface area contributed by atoms with Gasteiger partial charge in [-0.3, -0.25) is 4.79 Å². The summed E-state index contributed by atoms with van der Waals surface area (Å²) in [6.45, 7) is 6.26. The van der Waals surface area contributed by atoms with Gasteiger partial charge in [0.25, 0.3) is 0 Å². The first-order valence-electron chi connectivity index (χ1n) is 6.39. The van der Waals surface area contributed by atoms with Crippen molar-refractivity contribution in [2.75, 3.05) is 5.75 Å². The maximum absolute atomic E-state index is 11.6. The maximum Gasteiger partial charge on any atom is 0.320 e. The first-order chi connectivity index (χ1) is 8.44. The lowest BCUT2D eigenvalue weighted by Crippen LogP contribution is -2.35. The highest BCUT2D eigenvalue weighted by Gasteiger charge is 2.42. The van der Waals surface area contributed by atoms with E-state index in [2.05, 4.69) is 32.9 Å². The zero-order chi connectivity index (χ0) is 13.3. The van der Waals surface area contributed by atoms with Crippen molar-refractivity contribution in [3.8, 4) is 0 Å². The number of rotatable bonds is 3. The van der Waals surface area contributed by atoms with E-state index in [0.29, 0.717) is 6.42 Å². The molecule has 1 saturated heterocycles. The molecule has 1 aliphatic heterocycles. The molecule has 1 fully saturated rings. The van der Waals surface area contributed by atoms with E-state index >= 15 is 0 Å². The molecule has 2 rings (SSSR count). The third-order valence-electron chi connectivity index (χ3n) is 3.80. The molecule has 0 radical (unpaired) electrons. The molecule has 1 unspecified atom stereocenters. The van der Waals surface area contributed by atoms with Gasteiger partial charge in [0, 0.05) is 0 Å². The Kier molecular flexibility index (Phi) is 3.71. The summed E-state index contributed by atoms with van der Waals surface area (Å²) in [5.74, 6) is 0.320. The van der Waals surface area contributed by atoms with Crippen LogP contribution in [0.2, 0.25) is 0 Å². The van der Waals surface area contributed by atoms with Crippen LogP contribution in [0.5, 0.6) is 0 Å². The zero-order valence-electron chi connectivity index (χ0n) is 11.2. The highest BCUT2D eigenvalue weighted by molar-refractivity contribution is 8.01. The van der Waals surface area contributed by atoms with E-state index in [1.807, 2.05) is 0 Å². The van der Waals surface area contributed by atoms with Crippen LogP contribution in [-0.2, 0) is 11.2 Å². The topological polar surface area (TPSA) is 37.3 Å². The number of aryl methyl sites for hydroxylation is 3. The van der Waals surface area contributed by atoms with E-state index in [1.54, 1.807) is 11.8 Å². The summed E-state index contributed by atoms with van der Waals surface area (Å²) in [7, 11) is 0. The predicted octanol–water partition coefficient (Wildman–Crippen LogP) is 3.50. The van der Waals surface area contributed by atoms with Crippen molar-refractivity contribution in [3.63, 3.8) is 0 Å². The average molecular weight is 264 g/mol. The van der Waals surface area contributed by atoms with Crippen molar-refractivity contribution < 1.29 is 9.90 Å². The van der Waals surface area contributed by atoms with Gasteiger partial charge >= 0.3 is 5.97 Å². The molecule has 1 aromatic rings. The summed E-state index contributed by atoms with van der Waals surface area (Å²) in [5.41, 5.74) is 4.91. The average Bonchev–Trinajstić information content (AvgIpc) is 2.73. The summed E-state index contributed by atoms with van der Waals surface area (Å²) in [6.07, 6.45) is 2.46. The molecule has 0 amide bonds. The molecule has 1 aromatic carbocycles. The Morgan fingerprint density at radius 3 is 2.39 bits per heavy atom. The molecule has 98 valence electrons. The molecular weight excluding hydrogens is 244 g/mol. The molecule has 0 aromatic heterocycles. The van der Waals surface area contributed by atoms with E-state index in [9.17, 15) is 9.90 Å². The number of thioether (sulfide) groups is 1. The molecular formula is C15H20O2S. The Bertz CT molecular complexity index is 450. The molecule has 3 heteroatoms. The lowest BCUT2D eigenvalue weighted by Gasteiger charge is -2.25. The molecule has 2 nitrogen and oxygen atoms in total. The van der Waals surface area contributed by atoms with Gasteiger partial charge in [0.05, 0.1) is 0 Å². The van der Waals surface area contributed by atoms with Gasteiger partial charge in [0.2, 0.25) is 0 Å². The SMILES string of the molecule is Cc1cc(C)c(CC2(C(=O)O)CCCS2)c(C)c1. The third kappa shape index (κ3) is 2.41. The smallest absolute Gasteiger partial charge is 0.320 e. The molecule has 1 heterocycles. The van der Waals surface area contributed by atoms with Crippen LogP contribution < -0.4 is 0 Å². The summed E-state index contributed by atoms with van der Waals surface area (Å²) < 4.78 is -0.592. The van der Waals surface area contributed by atoms with Crippen molar-refractivity contribution in [2.45, 2.75) is 44.8 Å². The summed E-state index contributed by atoms with van der Waals surface area (Å²) in [6, 6.07) is 4.30. The highest BCUT2D eigenvalue weighted by Crippen LogP contribution is 2.42. The Morgan fingerprint density at radius 2 is 1.94 bits per heavy atom. The van der Waals surface area contributed by atoms with E-state index in [-0.39, 0.29) is 0 Å². The van der Waals surface area contributed by atoms with Crippen LogP contribution in [0.1, 0.15) is 35.1 Å². The monoisotopic (exact) mass is 264 g/mol. The minimum absolute atomic E-state index is 0.592. The van der Waals surface area contributed by atoms with E-state index in [4.69, 9.17) is 0 Å². The Hall–Kier alpha value is -0.960. The standard InChI is InChI=1S/C15H20O2S/c1-10-7-11(2)13(12(3)8-10)9-15(14(16)17)5-4-6-18-15/h7-8H,4-6,9H2,1-3H3,(H,16,17). The second-order valence-electron chi connectivity index (χ2n) is 5.31. The van der Waals surface area contributed by atoms with Gasteiger partial charge in [-0.2, -0.15) is 0 Å². The number of hydrogen-bond donors (Lipinski definition) is 1. The molecule has 1 atom stereocenters. The van der Waals surface area contributed by atoms with Gasteiger partial charge in [0.1, 0.15) is 4.75 Å². The minimum atomic E-state index is -0.649. The number of carbonyl (C=O) groups is 1. The number of carboxylic acids is 1. The van der Waals surface area contributed by atoms with Crippen LogP contribution >= 0.6 is 11.8 Å². The normalized spacial score (nSPS) is 23.3. The van der Waals surface area contributed by atoms with Crippen molar-refractivity contribution in [2.24, 2.45) is 0 Å². The number of carboxylic acid groups (broad SMARTS) is 1. The second kappa shape index (κ2) is 4.96. The van der Waals surface area contributed by atoms with Crippen molar-refractivity contribution >= 4 is 17.7 Å². The van der Waals surface area contributed by atoms with E-state index in [0.717, 1.165) is 18.6 Å². The van der Waals surface area contributed by atoms with Crippen LogP contribution in [0.15, 0.2) is 12.1 Å². The summed E-state index contributed by atoms with van der Waals surface area (Å²) in [5, 5.41) is 9.54. The number of aliphatic carboxylic acids is 1. The lowest BCUT2D eigenvalue weighted by atomic mass is 9.88. The third-order valence-corrected chi connectivity index (χ3v) is 5.36. The Morgan fingerprint density at radius 1 is 1.33 bits per heavy atom. The first-order valence-corrected chi connectivity index (χ1v) is 7.37. The van der Waals surface area contributed by atoms with Crippen molar-refractivity contribution in [1.29, 1.82) is 0 Å². The fourth-order valence-electron chi connectivity index (χ4n) is 2.86. The zero-order valence-corrected chi connectivity index (χ0v) is 12.1. The van der Waals surface area contributed by atoms with Gasteiger partial charge < -0.3 is 5.11 Å². The van der Waals surface area contributed by atoms with Crippen molar-refractivity contribution in [1.82, 2.24) is 0 Å². The minimum Gasteiger partial charge on any atom is -0.480 e. The number of benzene rings is 1. The molecule has 0 saturated carbocycles. The number of hydrogen-bond acceptors (Lipinski definition) is 2. The van der Waals surface area contributed by atoms with Crippen LogP contribution in [-0.4, -0.2) is 21.6 Å². The molecule has 1 N–H and O–H groups in total. The fourth-order valence-corrected chi connectivity index (χ4v) is 4.19. The van der Waals surface area contributed by atoms with Gasteiger partial charge in [0.15, 0.2) is 0 Å². The summed E-state index contributed by atoms with van der Waals surface area (Å²) >= 11 is 1.61. The Balaban J connectivity index is 2.36. The molecule has 0 aliphatic carbocycles. The Labute approximate surface area is 113 Å². The fraction of sp³-hybridized carbons (Fsp3) is 0.533. The lowest BCUT2D eigenvalue weighted by molar-refractivity contribution is -0.139. The summed E-state index contributed by atoms with van der Waals surface area (Å²) in [4.78, 5) is 11.6. The largest absolute Gasteiger partial charge is 0.480 e. The second-order valence-corrected chi connectivity index (χ2v) is 6.78. The molecule has 0 spiro atoms. The van der Waals surface area contributed by atoms with Gasteiger partial charge in [-0.15, -0.1) is 11.8 Å². The first kappa shape index (κ1) is 13.5. The van der Waals surface area contributed by atoms with Crippen LogP contribution in [0.25, 0.3) is 0 Å². The van der Waals surface area contributed by atoms with Gasteiger partial charge in [-0.1, -0.05) is 17.7 Å². The van der Waals surface area contributed by atoms with E-state index < -0.39 is 10.7 Å². The van der Waals surface area contributed by atoms with Gasteiger partial charge in [-0.05, 0) is 62.5 Å². The highest BCUT2D eigenvalue weighted by atomic mass is 32.2. The van der Waals surface area contributed by atoms with Gasteiger partial charge in [-0.25, -0.2) is 0 Å². The molecule has 18 heavy (non-hydrogen) atoms.